The zero-order valence-electron chi connectivity index (χ0n) is 20.1. The van der Waals surface area contributed by atoms with Gasteiger partial charge >= 0.3 is 0 Å². The van der Waals surface area contributed by atoms with E-state index in [1.54, 1.807) is 11.8 Å². The van der Waals surface area contributed by atoms with Gasteiger partial charge in [-0.05, 0) is 49.3 Å². The van der Waals surface area contributed by atoms with Gasteiger partial charge in [0.25, 0.3) is 0 Å². The first-order valence-electron chi connectivity index (χ1n) is 12.2. The van der Waals surface area contributed by atoms with Gasteiger partial charge in [-0.1, -0.05) is 30.3 Å². The Bertz CT molecular complexity index is 1210. The van der Waals surface area contributed by atoms with Crippen LogP contribution in [0.15, 0.2) is 59.6 Å². The van der Waals surface area contributed by atoms with Crippen LogP contribution in [0.1, 0.15) is 31.2 Å². The number of carbonyl (C=O) groups is 2. The molecule has 1 atom stereocenters. The predicted octanol–water partition coefficient (Wildman–Crippen LogP) is 3.67. The van der Waals surface area contributed by atoms with E-state index in [2.05, 4.69) is 45.7 Å². The molecule has 0 bridgehead atoms. The molecule has 0 spiro atoms. The molecule has 0 saturated carbocycles. The Kier molecular flexibility index (Phi) is 6.90. The monoisotopic (exact) mass is 489 g/mol. The van der Waals surface area contributed by atoms with Crippen molar-refractivity contribution in [2.75, 3.05) is 37.3 Å². The molecule has 3 aromatic rings. The SMILES string of the molecule is CSc1ccc(CC2(CCC(=O)N3CCN(c4ncc5ccccc5n4)CC3)CCC(=O)N2)cc1. The average molecular weight is 490 g/mol. The van der Waals surface area contributed by atoms with E-state index in [-0.39, 0.29) is 17.4 Å². The lowest BCUT2D eigenvalue weighted by atomic mass is 9.85. The highest BCUT2D eigenvalue weighted by Crippen LogP contribution is 2.30. The van der Waals surface area contributed by atoms with Crippen LogP contribution in [0.2, 0.25) is 0 Å². The number of aromatic nitrogens is 2. The summed E-state index contributed by atoms with van der Waals surface area (Å²) < 4.78 is 0. The van der Waals surface area contributed by atoms with Crippen molar-refractivity contribution < 1.29 is 9.59 Å². The van der Waals surface area contributed by atoms with E-state index in [1.807, 2.05) is 35.4 Å². The molecule has 8 heteroatoms. The highest BCUT2D eigenvalue weighted by molar-refractivity contribution is 7.98. The topological polar surface area (TPSA) is 78.4 Å². The van der Waals surface area contributed by atoms with Crippen molar-refractivity contribution in [1.82, 2.24) is 20.2 Å². The van der Waals surface area contributed by atoms with Gasteiger partial charge in [0, 0.05) is 61.0 Å². The normalized spacial score (nSPS) is 20.3. The molecular formula is C27H31N5O2S. The number of hydrogen-bond donors (Lipinski definition) is 1. The highest BCUT2D eigenvalue weighted by Gasteiger charge is 2.38. The smallest absolute Gasteiger partial charge is 0.225 e. The molecule has 2 aliphatic rings. The molecule has 3 heterocycles. The summed E-state index contributed by atoms with van der Waals surface area (Å²) in [6.07, 6.45) is 7.09. The number of carbonyl (C=O) groups excluding carboxylic acids is 2. The summed E-state index contributed by atoms with van der Waals surface area (Å²) in [6.45, 7) is 2.75. The van der Waals surface area contributed by atoms with Crippen LogP contribution in [-0.2, 0) is 16.0 Å². The first-order chi connectivity index (χ1) is 17.0. The van der Waals surface area contributed by atoms with Crippen LogP contribution in [0.25, 0.3) is 10.9 Å². The number of amides is 2. The predicted molar refractivity (Wildman–Crippen MR) is 140 cm³/mol. The van der Waals surface area contributed by atoms with Gasteiger partial charge in [-0.15, -0.1) is 11.8 Å². The second kappa shape index (κ2) is 10.2. The third-order valence-corrected chi connectivity index (χ3v) is 7.89. The van der Waals surface area contributed by atoms with Crippen LogP contribution < -0.4 is 10.2 Å². The fourth-order valence-corrected chi connectivity index (χ4v) is 5.50. The van der Waals surface area contributed by atoms with Gasteiger partial charge in [-0.3, -0.25) is 9.59 Å². The van der Waals surface area contributed by atoms with Gasteiger partial charge in [0.1, 0.15) is 0 Å². The van der Waals surface area contributed by atoms with Crippen LogP contribution in [0.4, 0.5) is 5.95 Å². The minimum Gasteiger partial charge on any atom is -0.350 e. The van der Waals surface area contributed by atoms with Gasteiger partial charge in [0.05, 0.1) is 5.52 Å². The number of benzene rings is 2. The van der Waals surface area contributed by atoms with E-state index in [1.165, 1.54) is 10.5 Å². The molecule has 1 unspecified atom stereocenters. The zero-order chi connectivity index (χ0) is 24.3. The van der Waals surface area contributed by atoms with Crippen LogP contribution in [-0.4, -0.2) is 64.7 Å². The maximum atomic E-state index is 13.1. The third-order valence-electron chi connectivity index (χ3n) is 7.15. The Morgan fingerprint density at radius 3 is 2.57 bits per heavy atom. The van der Waals surface area contributed by atoms with E-state index in [0.717, 1.165) is 29.7 Å². The summed E-state index contributed by atoms with van der Waals surface area (Å²) >= 11 is 1.72. The standard InChI is InChI=1S/C27H31N5O2S/c1-35-22-8-6-20(7-9-22)18-27(12-10-24(33)30-27)13-11-25(34)31-14-16-32(17-15-31)26-28-19-21-4-2-3-5-23(21)29-26/h2-9,19H,10-18H2,1H3,(H,30,33). The van der Waals surface area contributed by atoms with E-state index in [9.17, 15) is 9.59 Å². The number of nitrogens with one attached hydrogen (secondary N) is 1. The second-order valence-corrected chi connectivity index (χ2v) is 10.3. The number of thioether (sulfide) groups is 1. The number of fused-ring (bicyclic) bond motifs is 1. The van der Waals surface area contributed by atoms with Gasteiger partial charge in [-0.25, -0.2) is 9.97 Å². The summed E-state index contributed by atoms with van der Waals surface area (Å²) in [4.78, 5) is 39.7. The molecule has 5 rings (SSSR count). The van der Waals surface area contributed by atoms with Crippen molar-refractivity contribution in [3.63, 3.8) is 0 Å². The Hall–Kier alpha value is -3.13. The van der Waals surface area contributed by atoms with Crippen molar-refractivity contribution in [2.24, 2.45) is 0 Å². The summed E-state index contributed by atoms with van der Waals surface area (Å²) in [5, 5.41) is 4.23. The summed E-state index contributed by atoms with van der Waals surface area (Å²) in [7, 11) is 0. The van der Waals surface area contributed by atoms with Crippen molar-refractivity contribution >= 4 is 40.4 Å². The van der Waals surface area contributed by atoms with E-state index >= 15 is 0 Å². The van der Waals surface area contributed by atoms with Gasteiger partial charge in [0.15, 0.2) is 0 Å². The molecule has 2 aliphatic heterocycles. The Morgan fingerprint density at radius 2 is 1.86 bits per heavy atom. The Morgan fingerprint density at radius 1 is 1.09 bits per heavy atom. The lowest BCUT2D eigenvalue weighted by Crippen LogP contribution is -2.50. The molecule has 7 nitrogen and oxygen atoms in total. The average Bonchev–Trinajstić information content (AvgIpc) is 3.27. The van der Waals surface area contributed by atoms with Crippen molar-refractivity contribution in [2.45, 2.75) is 42.5 Å². The molecule has 2 amide bonds. The fourth-order valence-electron chi connectivity index (χ4n) is 5.09. The Balaban J connectivity index is 1.17. The number of nitrogens with zero attached hydrogens (tertiary/aromatic N) is 4. The maximum absolute atomic E-state index is 13.1. The molecule has 2 fully saturated rings. The lowest BCUT2D eigenvalue weighted by Gasteiger charge is -2.36. The molecule has 182 valence electrons. The summed E-state index contributed by atoms with van der Waals surface area (Å²) in [5.41, 5.74) is 1.79. The number of para-hydroxylation sites is 1. The molecule has 2 saturated heterocycles. The molecule has 1 aromatic heterocycles. The Labute approximate surface area is 210 Å². The van der Waals surface area contributed by atoms with Crippen molar-refractivity contribution in [3.8, 4) is 0 Å². The van der Waals surface area contributed by atoms with Crippen LogP contribution in [0.5, 0.6) is 0 Å². The molecular weight excluding hydrogens is 458 g/mol. The fraction of sp³-hybridized carbons (Fsp3) is 0.407. The van der Waals surface area contributed by atoms with Gasteiger partial charge in [-0.2, -0.15) is 0 Å². The van der Waals surface area contributed by atoms with E-state index < -0.39 is 0 Å². The van der Waals surface area contributed by atoms with E-state index in [0.29, 0.717) is 45.4 Å². The molecule has 1 N–H and O–H groups in total. The zero-order valence-corrected chi connectivity index (χ0v) is 20.9. The van der Waals surface area contributed by atoms with Crippen molar-refractivity contribution in [1.29, 1.82) is 0 Å². The quantitative estimate of drug-likeness (QED) is 0.510. The summed E-state index contributed by atoms with van der Waals surface area (Å²) in [5.74, 6) is 0.959. The molecule has 0 aliphatic carbocycles. The molecule has 35 heavy (non-hydrogen) atoms. The van der Waals surface area contributed by atoms with Gasteiger partial charge in [0.2, 0.25) is 17.8 Å². The molecule has 0 radical (unpaired) electrons. The minimum absolute atomic E-state index is 0.0854. The number of anilines is 1. The maximum Gasteiger partial charge on any atom is 0.225 e. The van der Waals surface area contributed by atoms with E-state index in [4.69, 9.17) is 4.98 Å². The number of rotatable bonds is 7. The summed E-state index contributed by atoms with van der Waals surface area (Å²) in [6, 6.07) is 16.5. The van der Waals surface area contributed by atoms with Crippen molar-refractivity contribution in [3.05, 3.63) is 60.3 Å². The largest absolute Gasteiger partial charge is 0.350 e. The number of piperazine rings is 1. The first-order valence-corrected chi connectivity index (χ1v) is 13.4. The lowest BCUT2D eigenvalue weighted by molar-refractivity contribution is -0.132. The van der Waals surface area contributed by atoms with Crippen LogP contribution in [0.3, 0.4) is 0 Å². The van der Waals surface area contributed by atoms with Crippen LogP contribution in [0, 0.1) is 0 Å². The molecule has 2 aromatic carbocycles. The minimum atomic E-state index is -0.339. The third kappa shape index (κ3) is 5.42. The van der Waals surface area contributed by atoms with Gasteiger partial charge < -0.3 is 15.1 Å². The first kappa shape index (κ1) is 23.6. The second-order valence-electron chi connectivity index (χ2n) is 9.45. The highest BCUT2D eigenvalue weighted by atomic mass is 32.2. The number of hydrogen-bond acceptors (Lipinski definition) is 6. The van der Waals surface area contributed by atoms with Crippen LogP contribution >= 0.6 is 11.8 Å².